The summed E-state index contributed by atoms with van der Waals surface area (Å²) in [5.41, 5.74) is 4.26. The van der Waals surface area contributed by atoms with Crippen LogP contribution in [0.3, 0.4) is 0 Å². The van der Waals surface area contributed by atoms with E-state index in [0.717, 1.165) is 35.3 Å². The minimum absolute atomic E-state index is 0.00257. The normalized spacial score (nSPS) is 12.6. The molecule has 0 radical (unpaired) electrons. The van der Waals surface area contributed by atoms with Gasteiger partial charge < -0.3 is 19.7 Å². The molecule has 0 aromatic heterocycles. The quantitative estimate of drug-likeness (QED) is 0.248. The van der Waals surface area contributed by atoms with Gasteiger partial charge in [-0.05, 0) is 66.8 Å². The first-order valence-electron chi connectivity index (χ1n) is 13.3. The van der Waals surface area contributed by atoms with Crippen LogP contribution in [0, 0.1) is 6.92 Å². The summed E-state index contributed by atoms with van der Waals surface area (Å²) < 4.78 is 11.5. The lowest BCUT2D eigenvalue weighted by atomic mass is 9.90. The van der Waals surface area contributed by atoms with Crippen molar-refractivity contribution in [1.29, 1.82) is 0 Å². The third-order valence-corrected chi connectivity index (χ3v) is 6.73. The Morgan fingerprint density at radius 2 is 1.62 bits per heavy atom. The molecule has 0 atom stereocenters. The Balaban J connectivity index is 1.27. The van der Waals surface area contributed by atoms with Crippen molar-refractivity contribution in [2.75, 3.05) is 30.0 Å². The maximum absolute atomic E-state index is 13.6. The first kappa shape index (κ1) is 26.0. The standard InChI is InChI=1S/C33H32N2O4/c1-24-11-10-16-28(21-24)38-20-9-8-19-35-29-22-27(17-18-30(29)39-23-31(35)36)34-33(37)32(25-12-4-2-5-13-25)26-14-6-3-7-15-26/h2-7,10-18,21-22,32H,8-9,19-20,23H2,1H3,(H,34,37). The van der Waals surface area contributed by atoms with Crippen molar-refractivity contribution in [3.63, 3.8) is 0 Å². The summed E-state index contributed by atoms with van der Waals surface area (Å²) in [5, 5.41) is 3.07. The van der Waals surface area contributed by atoms with E-state index in [-0.39, 0.29) is 18.4 Å². The molecule has 0 spiro atoms. The largest absolute Gasteiger partial charge is 0.494 e. The maximum atomic E-state index is 13.6. The number of nitrogens with one attached hydrogen (secondary N) is 1. The van der Waals surface area contributed by atoms with Gasteiger partial charge in [0.15, 0.2) is 6.61 Å². The van der Waals surface area contributed by atoms with Crippen LogP contribution in [0.15, 0.2) is 103 Å². The molecule has 0 unspecified atom stereocenters. The number of rotatable bonds is 10. The first-order chi connectivity index (χ1) is 19.1. The lowest BCUT2D eigenvalue weighted by Crippen LogP contribution is -2.39. The van der Waals surface area contributed by atoms with Gasteiger partial charge in [0, 0.05) is 12.2 Å². The topological polar surface area (TPSA) is 67.9 Å². The van der Waals surface area contributed by atoms with Gasteiger partial charge in [0.05, 0.1) is 18.2 Å². The fourth-order valence-electron chi connectivity index (χ4n) is 4.79. The van der Waals surface area contributed by atoms with Gasteiger partial charge in [0.25, 0.3) is 5.91 Å². The molecule has 39 heavy (non-hydrogen) atoms. The van der Waals surface area contributed by atoms with Crippen LogP contribution in [0.4, 0.5) is 11.4 Å². The van der Waals surface area contributed by atoms with E-state index in [9.17, 15) is 9.59 Å². The second kappa shape index (κ2) is 12.3. The highest BCUT2D eigenvalue weighted by atomic mass is 16.5. The van der Waals surface area contributed by atoms with E-state index in [1.165, 1.54) is 0 Å². The van der Waals surface area contributed by atoms with Crippen molar-refractivity contribution >= 4 is 23.2 Å². The molecular formula is C33H32N2O4. The molecule has 0 aliphatic carbocycles. The summed E-state index contributed by atoms with van der Waals surface area (Å²) in [7, 11) is 0. The molecule has 1 heterocycles. The highest BCUT2D eigenvalue weighted by molar-refractivity contribution is 6.01. The van der Waals surface area contributed by atoms with Gasteiger partial charge >= 0.3 is 0 Å². The number of hydrogen-bond donors (Lipinski definition) is 1. The zero-order valence-corrected chi connectivity index (χ0v) is 22.0. The molecule has 0 fully saturated rings. The smallest absolute Gasteiger partial charge is 0.265 e. The van der Waals surface area contributed by atoms with E-state index in [0.29, 0.717) is 30.3 Å². The zero-order chi connectivity index (χ0) is 27.0. The van der Waals surface area contributed by atoms with Gasteiger partial charge in [-0.3, -0.25) is 9.59 Å². The maximum Gasteiger partial charge on any atom is 0.265 e. The predicted octanol–water partition coefficient (Wildman–Crippen LogP) is 6.35. The molecule has 198 valence electrons. The molecule has 2 amide bonds. The highest BCUT2D eigenvalue weighted by Crippen LogP contribution is 2.35. The van der Waals surface area contributed by atoms with Crippen molar-refractivity contribution in [1.82, 2.24) is 0 Å². The van der Waals surface area contributed by atoms with Gasteiger partial charge in [-0.25, -0.2) is 0 Å². The summed E-state index contributed by atoms with van der Waals surface area (Å²) >= 11 is 0. The van der Waals surface area contributed by atoms with Crippen LogP contribution in [0.1, 0.15) is 35.4 Å². The Bertz CT molecular complexity index is 1380. The lowest BCUT2D eigenvalue weighted by molar-refractivity contribution is -0.121. The summed E-state index contributed by atoms with van der Waals surface area (Å²) in [6.07, 6.45) is 1.58. The monoisotopic (exact) mass is 520 g/mol. The number of anilines is 2. The van der Waals surface area contributed by atoms with Crippen molar-refractivity contribution in [2.24, 2.45) is 0 Å². The molecule has 4 aromatic carbocycles. The number of fused-ring (bicyclic) bond motifs is 1. The molecule has 1 aliphatic heterocycles. The Labute approximate surface area is 229 Å². The van der Waals surface area contributed by atoms with E-state index in [1.807, 2.05) is 110 Å². The van der Waals surface area contributed by atoms with Crippen LogP contribution in [0.5, 0.6) is 11.5 Å². The summed E-state index contributed by atoms with van der Waals surface area (Å²) in [5.74, 6) is 0.775. The Kier molecular flexibility index (Phi) is 8.22. The Hall–Kier alpha value is -4.58. The van der Waals surface area contributed by atoms with Gasteiger partial charge in [-0.1, -0.05) is 72.8 Å². The minimum atomic E-state index is -0.467. The van der Waals surface area contributed by atoms with Crippen LogP contribution >= 0.6 is 0 Å². The fraction of sp³-hybridized carbons (Fsp3) is 0.212. The summed E-state index contributed by atoms with van der Waals surface area (Å²) in [6.45, 7) is 3.16. The molecular weight excluding hydrogens is 488 g/mol. The first-order valence-corrected chi connectivity index (χ1v) is 13.3. The number of carbonyl (C=O) groups is 2. The Morgan fingerprint density at radius 1 is 0.897 bits per heavy atom. The number of aryl methyl sites for hydroxylation is 1. The van der Waals surface area contributed by atoms with E-state index in [2.05, 4.69) is 5.32 Å². The average molecular weight is 521 g/mol. The van der Waals surface area contributed by atoms with Crippen LogP contribution in [0.25, 0.3) is 0 Å². The number of benzene rings is 4. The number of amides is 2. The zero-order valence-electron chi connectivity index (χ0n) is 22.0. The molecule has 0 saturated carbocycles. The van der Waals surface area contributed by atoms with E-state index in [4.69, 9.17) is 9.47 Å². The Morgan fingerprint density at radius 3 is 2.31 bits per heavy atom. The van der Waals surface area contributed by atoms with E-state index in [1.54, 1.807) is 4.90 Å². The molecule has 0 saturated heterocycles. The molecule has 0 bridgehead atoms. The number of carbonyl (C=O) groups excluding carboxylic acids is 2. The van der Waals surface area contributed by atoms with Gasteiger partial charge in [0.1, 0.15) is 11.5 Å². The van der Waals surface area contributed by atoms with Gasteiger partial charge in [-0.15, -0.1) is 0 Å². The number of unbranched alkanes of at least 4 members (excludes halogenated alkanes) is 1. The predicted molar refractivity (Wildman–Crippen MR) is 154 cm³/mol. The highest BCUT2D eigenvalue weighted by Gasteiger charge is 2.27. The van der Waals surface area contributed by atoms with Crippen LogP contribution in [-0.2, 0) is 9.59 Å². The van der Waals surface area contributed by atoms with Crippen molar-refractivity contribution < 1.29 is 19.1 Å². The number of ether oxygens (including phenoxy) is 2. The minimum Gasteiger partial charge on any atom is -0.494 e. The molecule has 4 aromatic rings. The second-order valence-electron chi connectivity index (χ2n) is 9.63. The van der Waals surface area contributed by atoms with Gasteiger partial charge in [0.2, 0.25) is 5.91 Å². The fourth-order valence-corrected chi connectivity index (χ4v) is 4.79. The van der Waals surface area contributed by atoms with E-state index < -0.39 is 5.92 Å². The summed E-state index contributed by atoms with van der Waals surface area (Å²) in [6, 6.07) is 32.9. The van der Waals surface area contributed by atoms with Crippen LogP contribution < -0.4 is 19.7 Å². The molecule has 6 nitrogen and oxygen atoms in total. The number of hydrogen-bond acceptors (Lipinski definition) is 4. The van der Waals surface area contributed by atoms with Crippen molar-refractivity contribution in [2.45, 2.75) is 25.7 Å². The molecule has 1 N–H and O–H groups in total. The SMILES string of the molecule is Cc1cccc(OCCCCN2C(=O)COc3ccc(NC(=O)C(c4ccccc4)c4ccccc4)cc32)c1. The van der Waals surface area contributed by atoms with Crippen molar-refractivity contribution in [3.8, 4) is 11.5 Å². The summed E-state index contributed by atoms with van der Waals surface area (Å²) in [4.78, 5) is 28.1. The number of nitrogens with zero attached hydrogens (tertiary/aromatic N) is 1. The van der Waals surface area contributed by atoms with Crippen LogP contribution in [0.2, 0.25) is 0 Å². The lowest BCUT2D eigenvalue weighted by Gasteiger charge is -2.30. The molecule has 6 heteroatoms. The van der Waals surface area contributed by atoms with Crippen molar-refractivity contribution in [3.05, 3.63) is 120 Å². The third-order valence-electron chi connectivity index (χ3n) is 6.73. The van der Waals surface area contributed by atoms with Gasteiger partial charge in [-0.2, -0.15) is 0 Å². The van der Waals surface area contributed by atoms with E-state index >= 15 is 0 Å². The third kappa shape index (κ3) is 6.47. The molecule has 1 aliphatic rings. The second-order valence-corrected chi connectivity index (χ2v) is 9.63. The van der Waals surface area contributed by atoms with Crippen LogP contribution in [-0.4, -0.2) is 31.6 Å². The molecule has 5 rings (SSSR count). The average Bonchev–Trinajstić information content (AvgIpc) is 2.95.